The van der Waals surface area contributed by atoms with Crippen LogP contribution in [0.1, 0.15) is 10.6 Å². The normalized spacial score (nSPS) is 10.7. The fourth-order valence-corrected chi connectivity index (χ4v) is 2.09. The maximum atomic E-state index is 11.0. The van der Waals surface area contributed by atoms with Crippen LogP contribution in [0.3, 0.4) is 0 Å². The van der Waals surface area contributed by atoms with Gasteiger partial charge in [0, 0.05) is 5.39 Å². The number of carboxylic acids is 1. The van der Waals surface area contributed by atoms with Crippen molar-refractivity contribution < 1.29 is 14.3 Å². The number of nitrogens with two attached hydrogens (primary N) is 1. The Morgan fingerprint density at radius 2 is 1.79 bits per heavy atom. The second-order valence-electron chi connectivity index (χ2n) is 4.23. The van der Waals surface area contributed by atoms with E-state index in [2.05, 4.69) is 0 Å². The summed E-state index contributed by atoms with van der Waals surface area (Å²) in [5, 5.41) is 9.60. The first-order valence-corrected chi connectivity index (χ1v) is 5.77. The summed E-state index contributed by atoms with van der Waals surface area (Å²) in [5.74, 6) is -1.37. The van der Waals surface area contributed by atoms with E-state index in [1.807, 2.05) is 42.5 Å². The number of carbonyl (C=O) groups is 1. The Kier molecular flexibility index (Phi) is 2.49. The Hall–Kier alpha value is -2.75. The molecule has 1 aromatic heterocycles. The van der Waals surface area contributed by atoms with Gasteiger partial charge < -0.3 is 15.3 Å². The van der Waals surface area contributed by atoms with Crippen molar-refractivity contribution in [2.75, 3.05) is 5.73 Å². The number of furan rings is 1. The molecule has 0 aliphatic rings. The maximum absolute atomic E-state index is 11.0. The molecule has 2 aromatic carbocycles. The summed E-state index contributed by atoms with van der Waals surface area (Å²) < 4.78 is 5.23. The summed E-state index contributed by atoms with van der Waals surface area (Å²) >= 11 is 0. The predicted molar refractivity (Wildman–Crippen MR) is 73.0 cm³/mol. The van der Waals surface area contributed by atoms with Crippen LogP contribution in [0.15, 0.2) is 52.9 Å². The summed E-state index contributed by atoms with van der Waals surface area (Å²) in [7, 11) is 0. The largest absolute Gasteiger partial charge is 0.475 e. The molecule has 0 bridgehead atoms. The molecule has 4 heteroatoms. The molecule has 3 N–H and O–H groups in total. The molecular formula is C15H11NO3. The number of hydrogen-bond acceptors (Lipinski definition) is 3. The molecule has 1 heterocycles. The first-order valence-electron chi connectivity index (χ1n) is 5.77. The summed E-state index contributed by atoms with van der Waals surface area (Å²) in [4.78, 5) is 11.0. The first kappa shape index (κ1) is 11.3. The molecule has 0 spiro atoms. The number of rotatable bonds is 2. The number of fused-ring (bicyclic) bond motifs is 1. The molecular weight excluding hydrogens is 242 g/mol. The van der Waals surface area contributed by atoms with Gasteiger partial charge in [-0.1, -0.05) is 36.4 Å². The monoisotopic (exact) mass is 253 g/mol. The number of aromatic carboxylic acids is 1. The van der Waals surface area contributed by atoms with Gasteiger partial charge in [0.2, 0.25) is 5.76 Å². The van der Waals surface area contributed by atoms with Gasteiger partial charge in [-0.3, -0.25) is 0 Å². The average Bonchev–Trinajstić information content (AvgIpc) is 2.77. The molecule has 0 unspecified atom stereocenters. The van der Waals surface area contributed by atoms with Gasteiger partial charge in [-0.2, -0.15) is 0 Å². The van der Waals surface area contributed by atoms with Gasteiger partial charge in [0.05, 0.1) is 5.69 Å². The van der Waals surface area contributed by atoms with E-state index in [1.165, 1.54) is 0 Å². The number of anilines is 1. The average molecular weight is 253 g/mol. The zero-order valence-corrected chi connectivity index (χ0v) is 9.96. The van der Waals surface area contributed by atoms with E-state index in [-0.39, 0.29) is 11.4 Å². The third-order valence-corrected chi connectivity index (χ3v) is 3.03. The molecule has 19 heavy (non-hydrogen) atoms. The van der Waals surface area contributed by atoms with Crippen LogP contribution >= 0.6 is 0 Å². The van der Waals surface area contributed by atoms with E-state index in [0.29, 0.717) is 11.0 Å². The van der Waals surface area contributed by atoms with Gasteiger partial charge in [0.15, 0.2) is 0 Å². The molecule has 0 aliphatic carbocycles. The fourth-order valence-electron chi connectivity index (χ4n) is 2.09. The van der Waals surface area contributed by atoms with Crippen LogP contribution in [-0.2, 0) is 0 Å². The van der Waals surface area contributed by atoms with Crippen LogP contribution in [0.2, 0.25) is 0 Å². The standard InChI is InChI=1S/C15H11NO3/c16-13-11-8-10(9-4-2-1-3-5-9)6-7-12(11)19-14(13)15(17)18/h1-8H,16H2,(H,17,18). The van der Waals surface area contributed by atoms with Crippen LogP contribution in [0.25, 0.3) is 22.1 Å². The van der Waals surface area contributed by atoms with E-state index in [1.54, 1.807) is 6.07 Å². The SMILES string of the molecule is Nc1c(C(=O)O)oc2ccc(-c3ccccc3)cc12. The van der Waals surface area contributed by atoms with Gasteiger partial charge in [-0.15, -0.1) is 0 Å². The lowest BCUT2D eigenvalue weighted by Crippen LogP contribution is -1.98. The Morgan fingerprint density at radius 1 is 1.05 bits per heavy atom. The Morgan fingerprint density at radius 3 is 2.47 bits per heavy atom. The van der Waals surface area contributed by atoms with Gasteiger partial charge in [-0.05, 0) is 23.3 Å². The summed E-state index contributed by atoms with van der Waals surface area (Å²) in [5.41, 5.74) is 8.47. The van der Waals surface area contributed by atoms with Crippen molar-refractivity contribution >= 4 is 22.6 Å². The van der Waals surface area contributed by atoms with Crippen molar-refractivity contribution in [3.8, 4) is 11.1 Å². The van der Waals surface area contributed by atoms with Gasteiger partial charge in [-0.25, -0.2) is 4.79 Å². The second kappa shape index (κ2) is 4.17. The highest BCUT2D eigenvalue weighted by molar-refractivity contribution is 6.03. The molecule has 0 radical (unpaired) electrons. The summed E-state index contributed by atoms with van der Waals surface area (Å²) in [6, 6.07) is 15.3. The minimum atomic E-state index is -1.16. The minimum absolute atomic E-state index is 0.167. The highest BCUT2D eigenvalue weighted by Crippen LogP contribution is 2.32. The number of carboxylic acid groups (broad SMARTS) is 1. The van der Waals surface area contributed by atoms with Gasteiger partial charge in [0.25, 0.3) is 0 Å². The maximum Gasteiger partial charge on any atom is 0.374 e. The summed E-state index contributed by atoms with van der Waals surface area (Å²) in [6.07, 6.45) is 0. The van der Waals surface area contributed by atoms with Crippen LogP contribution in [0.4, 0.5) is 5.69 Å². The van der Waals surface area contributed by atoms with E-state index < -0.39 is 5.97 Å². The Bertz CT molecular complexity index is 760. The Labute approximate surface area is 109 Å². The second-order valence-corrected chi connectivity index (χ2v) is 4.23. The zero-order chi connectivity index (χ0) is 13.4. The molecule has 0 atom stereocenters. The van der Waals surface area contributed by atoms with Crippen LogP contribution in [0, 0.1) is 0 Å². The third-order valence-electron chi connectivity index (χ3n) is 3.03. The number of benzene rings is 2. The van der Waals surface area contributed by atoms with Crippen LogP contribution < -0.4 is 5.73 Å². The summed E-state index contributed by atoms with van der Waals surface area (Å²) in [6.45, 7) is 0. The van der Waals surface area contributed by atoms with Crippen molar-refractivity contribution in [1.82, 2.24) is 0 Å². The predicted octanol–water partition coefficient (Wildman–Crippen LogP) is 3.38. The molecule has 3 rings (SSSR count). The van der Waals surface area contributed by atoms with Crippen LogP contribution in [0.5, 0.6) is 0 Å². The lowest BCUT2D eigenvalue weighted by Gasteiger charge is -2.01. The highest BCUT2D eigenvalue weighted by atomic mass is 16.4. The van der Waals surface area contributed by atoms with Crippen molar-refractivity contribution in [2.45, 2.75) is 0 Å². The van der Waals surface area contributed by atoms with Crippen molar-refractivity contribution in [3.63, 3.8) is 0 Å². The van der Waals surface area contributed by atoms with Crippen molar-refractivity contribution in [1.29, 1.82) is 0 Å². The third kappa shape index (κ3) is 1.83. The molecule has 3 aromatic rings. The molecule has 94 valence electrons. The molecule has 0 amide bonds. The van der Waals surface area contributed by atoms with E-state index >= 15 is 0 Å². The van der Waals surface area contributed by atoms with E-state index in [4.69, 9.17) is 15.3 Å². The lowest BCUT2D eigenvalue weighted by molar-refractivity contribution is 0.0666. The highest BCUT2D eigenvalue weighted by Gasteiger charge is 2.17. The van der Waals surface area contributed by atoms with E-state index in [9.17, 15) is 4.79 Å². The molecule has 0 saturated carbocycles. The van der Waals surface area contributed by atoms with Crippen LogP contribution in [-0.4, -0.2) is 11.1 Å². The quantitative estimate of drug-likeness (QED) is 0.734. The van der Waals surface area contributed by atoms with E-state index in [0.717, 1.165) is 11.1 Å². The molecule has 4 nitrogen and oxygen atoms in total. The van der Waals surface area contributed by atoms with Crippen molar-refractivity contribution in [2.24, 2.45) is 0 Å². The Balaban J connectivity index is 2.21. The van der Waals surface area contributed by atoms with Crippen molar-refractivity contribution in [3.05, 3.63) is 54.3 Å². The first-order chi connectivity index (χ1) is 9.16. The molecule has 0 aliphatic heterocycles. The smallest absolute Gasteiger partial charge is 0.374 e. The molecule has 0 saturated heterocycles. The lowest BCUT2D eigenvalue weighted by atomic mass is 10.0. The minimum Gasteiger partial charge on any atom is -0.475 e. The fraction of sp³-hybridized carbons (Fsp3) is 0. The zero-order valence-electron chi connectivity index (χ0n) is 9.96. The van der Waals surface area contributed by atoms with Gasteiger partial charge in [0.1, 0.15) is 5.58 Å². The molecule has 0 fully saturated rings. The number of nitrogen functional groups attached to an aromatic ring is 1. The topological polar surface area (TPSA) is 76.5 Å². The van der Waals surface area contributed by atoms with Gasteiger partial charge >= 0.3 is 5.97 Å². The number of hydrogen-bond donors (Lipinski definition) is 2.